The van der Waals surface area contributed by atoms with Gasteiger partial charge in [-0.25, -0.2) is 18.4 Å². The van der Waals surface area contributed by atoms with Gasteiger partial charge in [0, 0.05) is 51.2 Å². The number of aryl methyl sites for hydroxylation is 1. The molecule has 0 aliphatic carbocycles. The molecule has 8 heteroatoms. The maximum atomic E-state index is 12.7. The summed E-state index contributed by atoms with van der Waals surface area (Å²) in [5.74, 6) is 1.38. The molecule has 3 rings (SSSR count). The van der Waals surface area contributed by atoms with Crippen LogP contribution in [0.4, 0.5) is 0 Å². The Hall–Kier alpha value is -1.67. The number of hydrogen-bond acceptors (Lipinski definition) is 4. The monoisotopic (exact) mass is 337 g/mol. The zero-order valence-corrected chi connectivity index (χ0v) is 14.6. The molecule has 0 spiro atoms. The maximum absolute atomic E-state index is 12.7. The van der Waals surface area contributed by atoms with E-state index in [0.717, 1.165) is 25.2 Å². The second-order valence-corrected chi connectivity index (χ2v) is 8.43. The second kappa shape index (κ2) is 6.09. The van der Waals surface area contributed by atoms with E-state index in [9.17, 15) is 8.42 Å². The number of sulfonamides is 1. The quantitative estimate of drug-likeness (QED) is 0.830. The van der Waals surface area contributed by atoms with Crippen LogP contribution in [0, 0.1) is 5.92 Å². The van der Waals surface area contributed by atoms with E-state index in [-0.39, 0.29) is 11.1 Å². The first kappa shape index (κ1) is 16.2. The van der Waals surface area contributed by atoms with Crippen molar-refractivity contribution in [2.75, 3.05) is 13.6 Å². The van der Waals surface area contributed by atoms with Crippen LogP contribution in [0.1, 0.15) is 32.1 Å². The summed E-state index contributed by atoms with van der Waals surface area (Å²) in [7, 11) is -1.91. The van der Waals surface area contributed by atoms with Crippen molar-refractivity contribution in [2.24, 2.45) is 5.92 Å². The lowest BCUT2D eigenvalue weighted by molar-refractivity contribution is 0.303. The molecule has 0 amide bonds. The Bertz CT molecular complexity index is 777. The summed E-state index contributed by atoms with van der Waals surface area (Å²) >= 11 is 0. The first-order valence-corrected chi connectivity index (χ1v) is 9.31. The summed E-state index contributed by atoms with van der Waals surface area (Å²) in [5, 5.41) is 0.118. The van der Waals surface area contributed by atoms with Crippen molar-refractivity contribution in [1.82, 2.24) is 23.4 Å². The van der Waals surface area contributed by atoms with Gasteiger partial charge in [0.15, 0.2) is 5.03 Å². The van der Waals surface area contributed by atoms with Gasteiger partial charge in [0.25, 0.3) is 10.0 Å². The van der Waals surface area contributed by atoms with E-state index in [0.29, 0.717) is 12.5 Å². The molecule has 23 heavy (non-hydrogen) atoms. The van der Waals surface area contributed by atoms with Crippen LogP contribution in [0.2, 0.25) is 0 Å². The molecular weight excluding hydrogens is 314 g/mol. The van der Waals surface area contributed by atoms with Crippen molar-refractivity contribution in [3.63, 3.8) is 0 Å². The maximum Gasteiger partial charge on any atom is 0.261 e. The number of aromatic nitrogens is 4. The first-order chi connectivity index (χ1) is 10.9. The molecule has 3 heterocycles. The Morgan fingerprint density at radius 2 is 2.17 bits per heavy atom. The molecule has 0 unspecified atom stereocenters. The SMILES string of the molecule is CC(C)n1cnc(S(=O)(=O)N(C)C[C@@H]2CCc3nccn3C2)c1. The van der Waals surface area contributed by atoms with Gasteiger partial charge in [-0.05, 0) is 26.2 Å². The zero-order valence-electron chi connectivity index (χ0n) is 13.8. The Labute approximate surface area is 137 Å². The summed E-state index contributed by atoms with van der Waals surface area (Å²) in [6.07, 6.45) is 8.79. The van der Waals surface area contributed by atoms with E-state index in [1.165, 1.54) is 4.31 Å². The van der Waals surface area contributed by atoms with Crippen molar-refractivity contribution in [3.8, 4) is 0 Å². The highest BCUT2D eigenvalue weighted by atomic mass is 32.2. The summed E-state index contributed by atoms with van der Waals surface area (Å²) < 4.78 is 30.7. The van der Waals surface area contributed by atoms with Gasteiger partial charge in [0.05, 0.1) is 6.33 Å². The second-order valence-electron chi connectivity index (χ2n) is 6.44. The fourth-order valence-electron chi connectivity index (χ4n) is 2.94. The molecule has 0 radical (unpaired) electrons. The predicted molar refractivity (Wildman–Crippen MR) is 86.5 cm³/mol. The lowest BCUT2D eigenvalue weighted by Gasteiger charge is -2.27. The molecule has 1 aliphatic rings. The minimum atomic E-state index is -3.54. The van der Waals surface area contributed by atoms with Crippen LogP contribution < -0.4 is 0 Å². The smallest absolute Gasteiger partial charge is 0.261 e. The Morgan fingerprint density at radius 1 is 1.39 bits per heavy atom. The van der Waals surface area contributed by atoms with E-state index >= 15 is 0 Å². The predicted octanol–water partition coefficient (Wildman–Crippen LogP) is 1.54. The van der Waals surface area contributed by atoms with Crippen molar-refractivity contribution >= 4 is 10.0 Å². The van der Waals surface area contributed by atoms with Crippen LogP contribution in [-0.2, 0) is 23.0 Å². The van der Waals surface area contributed by atoms with Crippen LogP contribution in [0.3, 0.4) is 0 Å². The van der Waals surface area contributed by atoms with E-state index < -0.39 is 10.0 Å². The van der Waals surface area contributed by atoms with Gasteiger partial charge in [-0.1, -0.05) is 0 Å². The van der Waals surface area contributed by atoms with Crippen molar-refractivity contribution in [1.29, 1.82) is 0 Å². The van der Waals surface area contributed by atoms with Gasteiger partial charge in [0.2, 0.25) is 0 Å². The fourth-order valence-corrected chi connectivity index (χ4v) is 4.10. The Balaban J connectivity index is 1.70. The Kier molecular flexibility index (Phi) is 4.29. The third kappa shape index (κ3) is 3.18. The van der Waals surface area contributed by atoms with Gasteiger partial charge in [-0.3, -0.25) is 0 Å². The highest BCUT2D eigenvalue weighted by molar-refractivity contribution is 7.89. The van der Waals surface area contributed by atoms with E-state index in [4.69, 9.17) is 0 Å². The van der Waals surface area contributed by atoms with Crippen LogP contribution >= 0.6 is 0 Å². The largest absolute Gasteiger partial charge is 0.335 e. The lowest BCUT2D eigenvalue weighted by Crippen LogP contribution is -2.35. The summed E-state index contributed by atoms with van der Waals surface area (Å²) in [6.45, 7) is 5.29. The fraction of sp³-hybridized carbons (Fsp3) is 0.600. The average Bonchev–Trinajstić information content (AvgIpc) is 3.16. The van der Waals surface area contributed by atoms with Gasteiger partial charge in [0.1, 0.15) is 5.82 Å². The summed E-state index contributed by atoms with van der Waals surface area (Å²) in [5.41, 5.74) is 0. The molecule has 0 aromatic carbocycles. The average molecular weight is 337 g/mol. The third-order valence-electron chi connectivity index (χ3n) is 4.40. The van der Waals surface area contributed by atoms with Gasteiger partial charge in [-0.15, -0.1) is 0 Å². The summed E-state index contributed by atoms with van der Waals surface area (Å²) in [4.78, 5) is 8.37. The number of nitrogens with zero attached hydrogens (tertiary/aromatic N) is 5. The molecule has 0 saturated carbocycles. The molecule has 0 bridgehead atoms. The van der Waals surface area contributed by atoms with Crippen molar-refractivity contribution in [2.45, 2.75) is 44.3 Å². The van der Waals surface area contributed by atoms with E-state index in [2.05, 4.69) is 14.5 Å². The molecule has 1 aliphatic heterocycles. The molecule has 126 valence electrons. The van der Waals surface area contributed by atoms with Crippen LogP contribution in [0.15, 0.2) is 29.9 Å². The number of rotatable bonds is 5. The minimum absolute atomic E-state index is 0.118. The minimum Gasteiger partial charge on any atom is -0.335 e. The molecule has 2 aromatic heterocycles. The van der Waals surface area contributed by atoms with E-state index in [1.54, 1.807) is 30.3 Å². The van der Waals surface area contributed by atoms with Crippen LogP contribution in [0.25, 0.3) is 0 Å². The highest BCUT2D eigenvalue weighted by Gasteiger charge is 2.28. The van der Waals surface area contributed by atoms with Crippen molar-refractivity contribution < 1.29 is 8.42 Å². The molecule has 1 atom stereocenters. The molecule has 0 fully saturated rings. The van der Waals surface area contributed by atoms with E-state index in [1.807, 2.05) is 20.0 Å². The first-order valence-electron chi connectivity index (χ1n) is 7.87. The van der Waals surface area contributed by atoms with Gasteiger partial charge >= 0.3 is 0 Å². The number of hydrogen-bond donors (Lipinski definition) is 0. The highest BCUT2D eigenvalue weighted by Crippen LogP contribution is 2.22. The summed E-state index contributed by atoms with van der Waals surface area (Å²) in [6, 6.07) is 0.190. The van der Waals surface area contributed by atoms with Crippen LogP contribution in [0.5, 0.6) is 0 Å². The number of fused-ring (bicyclic) bond motifs is 1. The van der Waals surface area contributed by atoms with Gasteiger partial charge in [-0.2, -0.15) is 4.31 Å². The van der Waals surface area contributed by atoms with Crippen molar-refractivity contribution in [3.05, 3.63) is 30.7 Å². The standard InChI is InChI=1S/C15H23N5O2S/c1-12(2)20-10-15(17-11-20)23(21,22)18(3)8-13-4-5-14-16-6-7-19(14)9-13/h6-7,10-13H,4-5,8-9H2,1-3H3/t13-/m0/s1. The third-order valence-corrected chi connectivity index (χ3v) is 6.11. The normalized spacial score (nSPS) is 18.6. The number of imidazole rings is 2. The van der Waals surface area contributed by atoms with Crippen LogP contribution in [-0.4, -0.2) is 45.4 Å². The zero-order chi connectivity index (χ0) is 16.6. The molecule has 2 aromatic rings. The molecule has 7 nitrogen and oxygen atoms in total. The lowest BCUT2D eigenvalue weighted by atomic mass is 10.00. The Morgan fingerprint density at radius 3 is 2.87 bits per heavy atom. The molecular formula is C15H23N5O2S. The molecule has 0 saturated heterocycles. The van der Waals surface area contributed by atoms with Gasteiger partial charge < -0.3 is 9.13 Å². The molecule has 0 N–H and O–H groups in total. The topological polar surface area (TPSA) is 73.0 Å².